The van der Waals surface area contributed by atoms with Gasteiger partial charge >= 0.3 is 0 Å². The second-order valence-corrected chi connectivity index (χ2v) is 5.09. The van der Waals surface area contributed by atoms with Crippen LogP contribution in [0.4, 0.5) is 11.8 Å². The summed E-state index contributed by atoms with van der Waals surface area (Å²) in [5.74, 6) is 1.47. The molecule has 7 nitrogen and oxygen atoms in total. The highest BCUT2D eigenvalue weighted by atomic mass is 16.5. The van der Waals surface area contributed by atoms with Crippen molar-refractivity contribution >= 4 is 23.9 Å². The lowest BCUT2D eigenvalue weighted by molar-refractivity contribution is 0.392. The lowest BCUT2D eigenvalue weighted by Crippen LogP contribution is -2.02. The largest absolute Gasteiger partial charge is 0.481 e. The third-order valence-electron chi connectivity index (χ3n) is 3.36. The van der Waals surface area contributed by atoms with Crippen molar-refractivity contribution in [2.75, 3.05) is 18.6 Å². The van der Waals surface area contributed by atoms with E-state index in [1.807, 2.05) is 42.5 Å². The van der Waals surface area contributed by atoms with Gasteiger partial charge in [-0.05, 0) is 11.6 Å². The van der Waals surface area contributed by atoms with Crippen molar-refractivity contribution in [1.82, 2.24) is 15.0 Å². The lowest BCUT2D eigenvalue weighted by atomic mass is 10.1. The summed E-state index contributed by atoms with van der Waals surface area (Å²) in [6.07, 6.45) is 6.93. The fraction of sp³-hybridized carbons (Fsp3) is 0.0556. The molecule has 3 rings (SSSR count). The Morgan fingerprint density at radius 3 is 2.48 bits per heavy atom. The van der Waals surface area contributed by atoms with Crippen LogP contribution in [0.3, 0.4) is 0 Å². The molecule has 0 unspecified atom stereocenters. The van der Waals surface area contributed by atoms with Crippen molar-refractivity contribution in [3.63, 3.8) is 0 Å². The Morgan fingerprint density at radius 2 is 1.76 bits per heavy atom. The van der Waals surface area contributed by atoms with Crippen LogP contribution in [0.15, 0.2) is 48.8 Å². The number of aromatic nitrogens is 3. The Kier molecular flexibility index (Phi) is 4.75. The quantitative estimate of drug-likeness (QED) is 0.737. The molecule has 0 amide bonds. The number of methoxy groups -OCH3 is 1. The number of nitrogens with two attached hydrogens (primary N) is 2. The summed E-state index contributed by atoms with van der Waals surface area (Å²) < 4.78 is 11.0. The summed E-state index contributed by atoms with van der Waals surface area (Å²) in [5.41, 5.74) is 13.1. The molecular weight excluding hydrogens is 318 g/mol. The van der Waals surface area contributed by atoms with Gasteiger partial charge in [0.15, 0.2) is 11.6 Å². The number of hydrogen-bond acceptors (Lipinski definition) is 7. The SMILES string of the molecule is COc1cc(Oc2cnc(N)nc2N)c(/C=C/c2ccccc2)cn1. The van der Waals surface area contributed by atoms with Crippen LogP contribution in [0.1, 0.15) is 11.1 Å². The van der Waals surface area contributed by atoms with E-state index in [9.17, 15) is 0 Å². The van der Waals surface area contributed by atoms with E-state index >= 15 is 0 Å². The molecule has 0 aliphatic carbocycles. The Hall–Kier alpha value is -3.61. The Morgan fingerprint density at radius 1 is 0.960 bits per heavy atom. The zero-order valence-corrected chi connectivity index (χ0v) is 13.6. The van der Waals surface area contributed by atoms with E-state index in [1.54, 1.807) is 12.3 Å². The first-order valence-electron chi connectivity index (χ1n) is 7.48. The maximum atomic E-state index is 5.85. The van der Waals surface area contributed by atoms with Gasteiger partial charge in [0, 0.05) is 17.8 Å². The minimum Gasteiger partial charge on any atom is -0.481 e. The zero-order valence-electron chi connectivity index (χ0n) is 13.6. The maximum Gasteiger partial charge on any atom is 0.222 e. The van der Waals surface area contributed by atoms with Gasteiger partial charge in [0.1, 0.15) is 5.75 Å². The van der Waals surface area contributed by atoms with E-state index in [2.05, 4.69) is 15.0 Å². The molecule has 2 heterocycles. The summed E-state index contributed by atoms with van der Waals surface area (Å²) in [5, 5.41) is 0. The molecule has 0 fully saturated rings. The zero-order chi connectivity index (χ0) is 17.6. The molecule has 0 aliphatic rings. The molecule has 126 valence electrons. The molecule has 0 radical (unpaired) electrons. The van der Waals surface area contributed by atoms with Crippen LogP contribution in [-0.2, 0) is 0 Å². The standard InChI is InChI=1S/C18H17N5O2/c1-24-16-9-14(25-15-11-22-18(20)23-17(15)19)13(10-21-16)8-7-12-5-3-2-4-6-12/h2-11H,1H3,(H4,19,20,22,23)/b8-7+. The fourth-order valence-electron chi connectivity index (χ4n) is 2.10. The molecule has 0 spiro atoms. The van der Waals surface area contributed by atoms with E-state index in [0.717, 1.165) is 11.1 Å². The first-order chi connectivity index (χ1) is 12.2. The van der Waals surface area contributed by atoms with Crippen LogP contribution >= 0.6 is 0 Å². The van der Waals surface area contributed by atoms with E-state index in [1.165, 1.54) is 13.3 Å². The minimum absolute atomic E-state index is 0.0846. The van der Waals surface area contributed by atoms with Crippen LogP contribution in [0.2, 0.25) is 0 Å². The van der Waals surface area contributed by atoms with Crippen LogP contribution in [-0.4, -0.2) is 22.1 Å². The topological polar surface area (TPSA) is 109 Å². The molecular formula is C18H17N5O2. The number of rotatable bonds is 5. The van der Waals surface area contributed by atoms with Gasteiger partial charge in [-0.25, -0.2) is 9.97 Å². The number of nitrogens with zero attached hydrogens (tertiary/aromatic N) is 3. The predicted molar refractivity (Wildman–Crippen MR) is 97.1 cm³/mol. The fourth-order valence-corrected chi connectivity index (χ4v) is 2.10. The molecule has 2 aromatic heterocycles. The van der Waals surface area contributed by atoms with E-state index < -0.39 is 0 Å². The summed E-state index contributed by atoms with van der Waals surface area (Å²) in [4.78, 5) is 12.0. The van der Waals surface area contributed by atoms with Gasteiger partial charge in [-0.3, -0.25) is 0 Å². The Bertz CT molecular complexity index is 897. The third-order valence-corrected chi connectivity index (χ3v) is 3.36. The van der Waals surface area contributed by atoms with Crippen LogP contribution in [0.25, 0.3) is 12.2 Å². The van der Waals surface area contributed by atoms with Crippen molar-refractivity contribution in [2.24, 2.45) is 0 Å². The maximum absolute atomic E-state index is 5.85. The highest BCUT2D eigenvalue weighted by Crippen LogP contribution is 2.31. The number of benzene rings is 1. The van der Waals surface area contributed by atoms with Gasteiger partial charge in [0.05, 0.1) is 13.3 Å². The molecule has 4 N–H and O–H groups in total. The average molecular weight is 335 g/mol. The summed E-state index contributed by atoms with van der Waals surface area (Å²) in [6.45, 7) is 0. The van der Waals surface area contributed by atoms with Crippen molar-refractivity contribution in [3.8, 4) is 17.4 Å². The van der Waals surface area contributed by atoms with E-state index in [-0.39, 0.29) is 11.8 Å². The second-order valence-electron chi connectivity index (χ2n) is 5.09. The Balaban J connectivity index is 1.94. The summed E-state index contributed by atoms with van der Waals surface area (Å²) >= 11 is 0. The van der Waals surface area contributed by atoms with Gasteiger partial charge in [-0.15, -0.1) is 0 Å². The Labute approximate surface area is 145 Å². The van der Waals surface area contributed by atoms with Gasteiger partial charge < -0.3 is 20.9 Å². The van der Waals surface area contributed by atoms with Gasteiger partial charge in [-0.2, -0.15) is 4.98 Å². The van der Waals surface area contributed by atoms with E-state index in [4.69, 9.17) is 20.9 Å². The molecule has 0 bridgehead atoms. The van der Waals surface area contributed by atoms with Crippen LogP contribution < -0.4 is 20.9 Å². The van der Waals surface area contributed by atoms with Crippen molar-refractivity contribution < 1.29 is 9.47 Å². The smallest absolute Gasteiger partial charge is 0.222 e. The molecule has 7 heteroatoms. The highest BCUT2D eigenvalue weighted by molar-refractivity contribution is 5.72. The molecule has 0 aliphatic heterocycles. The van der Waals surface area contributed by atoms with Crippen molar-refractivity contribution in [1.29, 1.82) is 0 Å². The second kappa shape index (κ2) is 7.31. The number of pyridine rings is 1. The third kappa shape index (κ3) is 4.03. The number of anilines is 2. The first-order valence-corrected chi connectivity index (χ1v) is 7.48. The number of hydrogen-bond donors (Lipinski definition) is 2. The van der Waals surface area contributed by atoms with Crippen molar-refractivity contribution in [2.45, 2.75) is 0 Å². The predicted octanol–water partition coefficient (Wildman–Crippen LogP) is 3.01. The molecule has 1 aromatic carbocycles. The van der Waals surface area contributed by atoms with Gasteiger partial charge in [0.2, 0.25) is 11.8 Å². The molecule has 25 heavy (non-hydrogen) atoms. The van der Waals surface area contributed by atoms with Crippen molar-refractivity contribution in [3.05, 3.63) is 59.9 Å². The van der Waals surface area contributed by atoms with Gasteiger partial charge in [-0.1, -0.05) is 36.4 Å². The van der Waals surface area contributed by atoms with Gasteiger partial charge in [0.25, 0.3) is 0 Å². The molecule has 0 saturated carbocycles. The molecule has 0 saturated heterocycles. The normalized spacial score (nSPS) is 10.8. The number of ether oxygens (including phenoxy) is 2. The average Bonchev–Trinajstić information content (AvgIpc) is 2.63. The molecule has 0 atom stereocenters. The summed E-state index contributed by atoms with van der Waals surface area (Å²) in [7, 11) is 1.53. The van der Waals surface area contributed by atoms with Crippen LogP contribution in [0, 0.1) is 0 Å². The minimum atomic E-state index is 0.0846. The van der Waals surface area contributed by atoms with E-state index in [0.29, 0.717) is 17.4 Å². The highest BCUT2D eigenvalue weighted by Gasteiger charge is 2.10. The number of nitrogen functional groups attached to an aromatic ring is 2. The lowest BCUT2D eigenvalue weighted by Gasteiger charge is -2.11. The first kappa shape index (κ1) is 16.3. The van der Waals surface area contributed by atoms with Crippen LogP contribution in [0.5, 0.6) is 17.4 Å². The molecule has 3 aromatic rings. The summed E-state index contributed by atoms with van der Waals surface area (Å²) in [6, 6.07) is 11.6. The monoisotopic (exact) mass is 335 g/mol.